The van der Waals surface area contributed by atoms with E-state index in [0.717, 1.165) is 21.1 Å². The summed E-state index contributed by atoms with van der Waals surface area (Å²) in [4.78, 5) is 5.64. The third-order valence-electron chi connectivity index (χ3n) is 3.01. The molecule has 2 nitrogen and oxygen atoms in total. The predicted molar refractivity (Wildman–Crippen MR) is 74.5 cm³/mol. The summed E-state index contributed by atoms with van der Waals surface area (Å²) in [6.07, 6.45) is 0. The van der Waals surface area contributed by atoms with Crippen LogP contribution in [0.15, 0.2) is 18.2 Å². The molecule has 4 heteroatoms. The first kappa shape index (κ1) is 13.2. The number of halogens is 1. The Kier molecular flexibility index (Phi) is 3.78. The monoisotopic (exact) mass is 264 g/mol. The molecule has 0 radical (unpaired) electrons. The van der Waals surface area contributed by atoms with Crippen LogP contribution in [-0.4, -0.2) is 12.0 Å². The molecule has 0 saturated carbocycles. The van der Waals surface area contributed by atoms with Crippen LogP contribution in [-0.2, 0) is 0 Å². The third-order valence-corrected chi connectivity index (χ3v) is 4.39. The normalized spacial score (nSPS) is 12.7. The van der Waals surface area contributed by atoms with Crippen LogP contribution in [0.2, 0.25) is 0 Å². The molecule has 1 heterocycles. The Balaban J connectivity index is 2.45. The molecule has 0 aliphatic carbocycles. The van der Waals surface area contributed by atoms with Gasteiger partial charge in [0.1, 0.15) is 10.8 Å². The molecule has 2 rings (SSSR count). The van der Waals surface area contributed by atoms with Crippen LogP contribution in [0.4, 0.5) is 4.39 Å². The van der Waals surface area contributed by atoms with Crippen LogP contribution in [0.5, 0.6) is 0 Å². The molecule has 18 heavy (non-hydrogen) atoms. The highest BCUT2D eigenvalue weighted by atomic mass is 32.1. The number of nitrogens with zero attached hydrogens (tertiary/aromatic N) is 1. The Bertz CT molecular complexity index is 563. The Hall–Kier alpha value is -1.26. The van der Waals surface area contributed by atoms with Crippen molar-refractivity contribution in [2.45, 2.75) is 26.8 Å². The largest absolute Gasteiger partial charge is 0.312 e. The summed E-state index contributed by atoms with van der Waals surface area (Å²) in [6, 6.07) is 5.50. The lowest BCUT2D eigenvalue weighted by atomic mass is 10.1. The zero-order valence-corrected chi connectivity index (χ0v) is 11.9. The molecule has 0 aliphatic rings. The van der Waals surface area contributed by atoms with E-state index in [1.54, 1.807) is 23.5 Å². The van der Waals surface area contributed by atoms with Crippen LogP contribution < -0.4 is 5.32 Å². The molecular formula is C14H17FN2S. The first-order valence-electron chi connectivity index (χ1n) is 5.94. The smallest absolute Gasteiger partial charge is 0.133 e. The highest BCUT2D eigenvalue weighted by Gasteiger charge is 2.16. The molecule has 1 unspecified atom stereocenters. The Morgan fingerprint density at radius 2 is 2.06 bits per heavy atom. The van der Waals surface area contributed by atoms with E-state index >= 15 is 0 Å². The van der Waals surface area contributed by atoms with Gasteiger partial charge in [0.2, 0.25) is 0 Å². The van der Waals surface area contributed by atoms with Crippen molar-refractivity contribution in [3.8, 4) is 10.6 Å². The summed E-state index contributed by atoms with van der Waals surface area (Å²) >= 11 is 1.55. The number of aromatic nitrogens is 1. The molecule has 1 N–H and O–H groups in total. The molecule has 96 valence electrons. The van der Waals surface area contributed by atoms with E-state index in [1.807, 2.05) is 27.0 Å². The van der Waals surface area contributed by atoms with Gasteiger partial charge in [0.15, 0.2) is 0 Å². The van der Waals surface area contributed by atoms with Crippen LogP contribution in [0.3, 0.4) is 0 Å². The molecule has 1 atom stereocenters. The molecule has 0 saturated heterocycles. The molecule has 0 spiro atoms. The summed E-state index contributed by atoms with van der Waals surface area (Å²) in [5, 5.41) is 3.94. The van der Waals surface area contributed by atoms with Crippen LogP contribution in [0.25, 0.3) is 10.6 Å². The van der Waals surface area contributed by atoms with E-state index in [9.17, 15) is 4.39 Å². The Labute approximate surface area is 111 Å². The first-order valence-corrected chi connectivity index (χ1v) is 6.75. The van der Waals surface area contributed by atoms with E-state index in [4.69, 9.17) is 0 Å². The van der Waals surface area contributed by atoms with Gasteiger partial charge in [-0.2, -0.15) is 0 Å². The number of thiazole rings is 1. The fourth-order valence-electron chi connectivity index (χ4n) is 1.85. The molecule has 0 amide bonds. The van der Waals surface area contributed by atoms with E-state index in [2.05, 4.69) is 17.2 Å². The maximum Gasteiger partial charge on any atom is 0.133 e. The number of rotatable bonds is 3. The quantitative estimate of drug-likeness (QED) is 0.911. The van der Waals surface area contributed by atoms with Crippen molar-refractivity contribution in [2.75, 3.05) is 7.05 Å². The molecule has 0 bridgehead atoms. The van der Waals surface area contributed by atoms with Gasteiger partial charge in [0.25, 0.3) is 0 Å². The predicted octanol–water partition coefficient (Wildman–Crippen LogP) is 3.85. The van der Waals surface area contributed by atoms with Crippen molar-refractivity contribution in [1.29, 1.82) is 0 Å². The third kappa shape index (κ3) is 2.44. The minimum Gasteiger partial charge on any atom is -0.312 e. The average molecular weight is 264 g/mol. The summed E-state index contributed by atoms with van der Waals surface area (Å²) in [6.45, 7) is 5.93. The number of hydrogen-bond donors (Lipinski definition) is 1. The van der Waals surface area contributed by atoms with Crippen LogP contribution in [0, 0.1) is 19.7 Å². The second kappa shape index (κ2) is 5.16. The lowest BCUT2D eigenvalue weighted by Crippen LogP contribution is -2.11. The van der Waals surface area contributed by atoms with Gasteiger partial charge in [-0.15, -0.1) is 11.3 Å². The van der Waals surface area contributed by atoms with E-state index in [-0.39, 0.29) is 11.9 Å². The molecule has 1 aromatic heterocycles. The average Bonchev–Trinajstić information content (AvgIpc) is 2.70. The van der Waals surface area contributed by atoms with Gasteiger partial charge in [-0.25, -0.2) is 9.37 Å². The van der Waals surface area contributed by atoms with E-state index in [0.29, 0.717) is 5.56 Å². The lowest BCUT2D eigenvalue weighted by Gasteiger charge is -2.07. The van der Waals surface area contributed by atoms with Crippen molar-refractivity contribution in [2.24, 2.45) is 0 Å². The lowest BCUT2D eigenvalue weighted by molar-refractivity contribution is 0.630. The minimum absolute atomic E-state index is 0.201. The van der Waals surface area contributed by atoms with Crippen molar-refractivity contribution in [3.05, 3.63) is 40.2 Å². The van der Waals surface area contributed by atoms with Gasteiger partial charge in [-0.3, -0.25) is 0 Å². The van der Waals surface area contributed by atoms with Crippen LogP contribution >= 0.6 is 11.3 Å². The molecule has 1 aromatic carbocycles. The highest BCUT2D eigenvalue weighted by Crippen LogP contribution is 2.33. The molecule has 0 fully saturated rings. The Morgan fingerprint density at radius 1 is 1.33 bits per heavy atom. The summed E-state index contributed by atoms with van der Waals surface area (Å²) in [7, 11) is 1.91. The molecular weight excluding hydrogens is 247 g/mol. The Morgan fingerprint density at radius 3 is 2.67 bits per heavy atom. The van der Waals surface area contributed by atoms with Gasteiger partial charge in [-0.1, -0.05) is 6.07 Å². The summed E-state index contributed by atoms with van der Waals surface area (Å²) < 4.78 is 13.9. The summed E-state index contributed by atoms with van der Waals surface area (Å²) in [5.41, 5.74) is 2.48. The van der Waals surface area contributed by atoms with Crippen LogP contribution in [0.1, 0.15) is 29.1 Å². The van der Waals surface area contributed by atoms with Gasteiger partial charge >= 0.3 is 0 Å². The van der Waals surface area contributed by atoms with Crippen molar-refractivity contribution in [3.63, 3.8) is 0 Å². The fourth-order valence-corrected chi connectivity index (χ4v) is 3.00. The molecule has 2 aromatic rings. The number of hydrogen-bond acceptors (Lipinski definition) is 3. The second-order valence-electron chi connectivity index (χ2n) is 4.46. The first-order chi connectivity index (χ1) is 8.52. The van der Waals surface area contributed by atoms with E-state index < -0.39 is 0 Å². The second-order valence-corrected chi connectivity index (χ2v) is 5.49. The minimum atomic E-state index is -0.201. The number of nitrogens with one attached hydrogen (secondary N) is 1. The molecule has 0 aliphatic heterocycles. The summed E-state index contributed by atoms with van der Waals surface area (Å²) in [5.74, 6) is -0.201. The highest BCUT2D eigenvalue weighted by molar-refractivity contribution is 7.15. The van der Waals surface area contributed by atoms with Gasteiger partial charge in [0, 0.05) is 16.5 Å². The number of benzene rings is 1. The maximum atomic E-state index is 13.9. The van der Waals surface area contributed by atoms with Gasteiger partial charge in [-0.05, 0) is 45.5 Å². The maximum absolute atomic E-state index is 13.9. The topological polar surface area (TPSA) is 24.9 Å². The zero-order valence-electron chi connectivity index (χ0n) is 11.0. The van der Waals surface area contributed by atoms with Crippen molar-refractivity contribution >= 4 is 11.3 Å². The van der Waals surface area contributed by atoms with Gasteiger partial charge in [0.05, 0.1) is 5.69 Å². The SMILES string of the molecule is CNC(C)c1sc(-c2ccc(C)cc2F)nc1C. The van der Waals surface area contributed by atoms with Gasteiger partial charge < -0.3 is 5.32 Å². The number of aryl methyl sites for hydroxylation is 2. The van der Waals surface area contributed by atoms with Crippen molar-refractivity contribution in [1.82, 2.24) is 10.3 Å². The van der Waals surface area contributed by atoms with E-state index in [1.165, 1.54) is 0 Å². The zero-order chi connectivity index (χ0) is 13.3. The fraction of sp³-hybridized carbons (Fsp3) is 0.357. The van der Waals surface area contributed by atoms with Crippen molar-refractivity contribution < 1.29 is 4.39 Å². The standard InChI is InChI=1S/C14H17FN2S/c1-8-5-6-11(12(15)7-8)14-17-10(3)13(18-14)9(2)16-4/h5-7,9,16H,1-4H3.